The normalized spacial score (nSPS) is 23.9. The number of halogens is 2. The van der Waals surface area contributed by atoms with E-state index in [2.05, 4.69) is 0 Å². The number of β-amino-alcohol motifs (C(OH)–C–C–N with tert-alkyl or cyclic N) is 1. The highest BCUT2D eigenvalue weighted by molar-refractivity contribution is 7.89. The summed E-state index contributed by atoms with van der Waals surface area (Å²) in [4.78, 5) is 10.7. The summed E-state index contributed by atoms with van der Waals surface area (Å²) >= 11 is 5.70. The molecule has 2 rings (SSSR count). The lowest BCUT2D eigenvalue weighted by Crippen LogP contribution is -2.40. The van der Waals surface area contributed by atoms with Crippen LogP contribution in [0.3, 0.4) is 0 Å². The van der Waals surface area contributed by atoms with Crippen LogP contribution in [0.15, 0.2) is 23.1 Å². The minimum Gasteiger partial charge on any atom is -0.480 e. The maximum Gasteiger partial charge on any atom is 0.322 e. The molecule has 0 spiro atoms. The molecule has 2 atom stereocenters. The lowest BCUT2D eigenvalue weighted by Gasteiger charge is -2.21. The van der Waals surface area contributed by atoms with Gasteiger partial charge in [-0.15, -0.1) is 0 Å². The van der Waals surface area contributed by atoms with Gasteiger partial charge in [0.15, 0.2) is 0 Å². The van der Waals surface area contributed by atoms with Crippen LogP contribution in [0, 0.1) is 5.82 Å². The number of aliphatic hydroxyl groups is 1. The molecule has 0 aliphatic carbocycles. The number of aliphatic carboxylic acids is 1. The van der Waals surface area contributed by atoms with Crippen molar-refractivity contribution >= 4 is 27.6 Å². The molecule has 1 heterocycles. The Hall–Kier alpha value is -1.22. The molecule has 0 bridgehead atoms. The standard InChI is InChI=1S/C11H11ClFNO5S/c12-8-3-6(13)1-2-10(8)20(18,19)14-5-7(15)4-9(14)11(16)17/h1-3,7,9,15H,4-5H2,(H,16,17)/t7-,9+/m1/s1. The highest BCUT2D eigenvalue weighted by Gasteiger charge is 2.44. The van der Waals surface area contributed by atoms with Crippen LogP contribution >= 0.6 is 11.6 Å². The zero-order valence-electron chi connectivity index (χ0n) is 10.0. The molecule has 20 heavy (non-hydrogen) atoms. The van der Waals surface area contributed by atoms with Crippen molar-refractivity contribution < 1.29 is 27.8 Å². The van der Waals surface area contributed by atoms with E-state index >= 15 is 0 Å². The number of benzene rings is 1. The first-order valence-corrected chi connectivity index (χ1v) is 7.43. The Morgan fingerprint density at radius 3 is 2.65 bits per heavy atom. The molecule has 1 aliphatic heterocycles. The Balaban J connectivity index is 2.46. The zero-order chi connectivity index (χ0) is 15.1. The number of nitrogens with zero attached hydrogens (tertiary/aromatic N) is 1. The Kier molecular flexibility index (Phi) is 4.01. The van der Waals surface area contributed by atoms with Crippen molar-refractivity contribution in [1.29, 1.82) is 0 Å². The number of rotatable bonds is 3. The largest absolute Gasteiger partial charge is 0.480 e. The minimum absolute atomic E-state index is 0.201. The number of carboxylic acids is 1. The highest BCUT2D eigenvalue weighted by atomic mass is 35.5. The van der Waals surface area contributed by atoms with Gasteiger partial charge in [0.25, 0.3) is 0 Å². The molecule has 0 radical (unpaired) electrons. The van der Waals surface area contributed by atoms with Crippen LogP contribution < -0.4 is 0 Å². The monoisotopic (exact) mass is 323 g/mol. The lowest BCUT2D eigenvalue weighted by molar-refractivity contribution is -0.140. The van der Waals surface area contributed by atoms with Crippen molar-refractivity contribution in [2.45, 2.75) is 23.5 Å². The predicted molar refractivity (Wildman–Crippen MR) is 67.3 cm³/mol. The summed E-state index contributed by atoms with van der Waals surface area (Å²) in [5, 5.41) is 18.2. The smallest absolute Gasteiger partial charge is 0.322 e. The molecule has 0 saturated carbocycles. The van der Waals surface area contributed by atoms with Crippen molar-refractivity contribution in [3.8, 4) is 0 Å². The number of sulfonamides is 1. The van der Waals surface area contributed by atoms with E-state index in [1.165, 1.54) is 0 Å². The Morgan fingerprint density at radius 2 is 2.10 bits per heavy atom. The van der Waals surface area contributed by atoms with Crippen LogP contribution in [0.5, 0.6) is 0 Å². The SMILES string of the molecule is O=C(O)[C@@H]1C[C@@H](O)CN1S(=O)(=O)c1ccc(F)cc1Cl. The average Bonchev–Trinajstić information content (AvgIpc) is 2.71. The fourth-order valence-corrected chi connectivity index (χ4v) is 4.22. The van der Waals surface area contributed by atoms with E-state index in [0.29, 0.717) is 4.31 Å². The fourth-order valence-electron chi connectivity index (χ4n) is 2.09. The first-order valence-electron chi connectivity index (χ1n) is 5.61. The van der Waals surface area contributed by atoms with Crippen LogP contribution in [0.4, 0.5) is 4.39 Å². The number of aliphatic hydroxyl groups excluding tert-OH is 1. The number of carboxylic acid groups (broad SMARTS) is 1. The molecular formula is C11H11ClFNO5S. The van der Waals surface area contributed by atoms with E-state index in [-0.39, 0.29) is 22.9 Å². The van der Waals surface area contributed by atoms with Gasteiger partial charge in [0, 0.05) is 13.0 Å². The second-order valence-electron chi connectivity index (χ2n) is 4.39. The zero-order valence-corrected chi connectivity index (χ0v) is 11.6. The second-order valence-corrected chi connectivity index (χ2v) is 6.66. The van der Waals surface area contributed by atoms with Gasteiger partial charge in [-0.05, 0) is 18.2 Å². The van der Waals surface area contributed by atoms with Gasteiger partial charge in [-0.3, -0.25) is 4.79 Å². The summed E-state index contributed by atoms with van der Waals surface area (Å²) in [6, 6.07) is 1.35. The average molecular weight is 324 g/mol. The fraction of sp³-hybridized carbons (Fsp3) is 0.364. The van der Waals surface area contributed by atoms with Gasteiger partial charge in [-0.25, -0.2) is 12.8 Å². The molecule has 1 saturated heterocycles. The molecule has 1 aliphatic rings. The second kappa shape index (κ2) is 5.28. The minimum atomic E-state index is -4.22. The predicted octanol–water partition coefficient (Wildman–Crippen LogP) is 0.688. The third-order valence-electron chi connectivity index (χ3n) is 3.00. The summed E-state index contributed by atoms with van der Waals surface area (Å²) in [5.74, 6) is -2.06. The van der Waals surface area contributed by atoms with E-state index in [4.69, 9.17) is 16.7 Å². The Labute approximate surface area is 119 Å². The molecule has 2 N–H and O–H groups in total. The summed E-state index contributed by atoms with van der Waals surface area (Å²) in [7, 11) is -4.22. The third-order valence-corrected chi connectivity index (χ3v) is 5.36. The van der Waals surface area contributed by atoms with Crippen LogP contribution in [0.25, 0.3) is 0 Å². The molecule has 0 unspecified atom stereocenters. The maximum absolute atomic E-state index is 13.0. The van der Waals surface area contributed by atoms with E-state index in [0.717, 1.165) is 18.2 Å². The first-order chi connectivity index (χ1) is 9.23. The molecule has 1 aromatic rings. The van der Waals surface area contributed by atoms with Crippen LogP contribution in [0.1, 0.15) is 6.42 Å². The van der Waals surface area contributed by atoms with Crippen molar-refractivity contribution in [3.63, 3.8) is 0 Å². The number of hydrogen-bond acceptors (Lipinski definition) is 4. The van der Waals surface area contributed by atoms with E-state index < -0.39 is 34.0 Å². The summed E-state index contributed by atoms with van der Waals surface area (Å²) in [5.41, 5.74) is 0. The van der Waals surface area contributed by atoms with Gasteiger partial charge < -0.3 is 10.2 Å². The summed E-state index contributed by atoms with van der Waals surface area (Å²) in [6.45, 7) is -0.340. The van der Waals surface area contributed by atoms with Crippen LogP contribution in [-0.4, -0.2) is 47.6 Å². The van der Waals surface area contributed by atoms with Crippen molar-refractivity contribution in [2.24, 2.45) is 0 Å². The van der Waals surface area contributed by atoms with Crippen molar-refractivity contribution in [1.82, 2.24) is 4.31 Å². The van der Waals surface area contributed by atoms with Gasteiger partial charge in [-0.2, -0.15) is 4.31 Å². The van der Waals surface area contributed by atoms with E-state index in [1.54, 1.807) is 0 Å². The molecule has 0 amide bonds. The van der Waals surface area contributed by atoms with E-state index in [1.807, 2.05) is 0 Å². The topological polar surface area (TPSA) is 94.9 Å². The molecule has 1 aromatic carbocycles. The molecule has 1 fully saturated rings. The first kappa shape index (κ1) is 15.2. The van der Waals surface area contributed by atoms with Crippen molar-refractivity contribution in [2.75, 3.05) is 6.54 Å². The molecule has 110 valence electrons. The van der Waals surface area contributed by atoms with Crippen LogP contribution in [-0.2, 0) is 14.8 Å². The van der Waals surface area contributed by atoms with Crippen LogP contribution in [0.2, 0.25) is 5.02 Å². The summed E-state index contributed by atoms with van der Waals surface area (Å²) < 4.78 is 38.4. The van der Waals surface area contributed by atoms with Crippen molar-refractivity contribution in [3.05, 3.63) is 29.0 Å². The molecule has 0 aromatic heterocycles. The Bertz CT molecular complexity index is 650. The molecule has 9 heteroatoms. The van der Waals surface area contributed by atoms with Gasteiger partial charge in [-0.1, -0.05) is 11.6 Å². The molecular weight excluding hydrogens is 313 g/mol. The van der Waals surface area contributed by atoms with Gasteiger partial charge in [0.2, 0.25) is 10.0 Å². The number of hydrogen-bond donors (Lipinski definition) is 2. The quantitative estimate of drug-likeness (QED) is 0.853. The van der Waals surface area contributed by atoms with E-state index in [9.17, 15) is 22.7 Å². The lowest BCUT2D eigenvalue weighted by atomic mass is 10.2. The molecule has 6 nitrogen and oxygen atoms in total. The maximum atomic E-state index is 13.0. The number of carbonyl (C=O) groups is 1. The highest BCUT2D eigenvalue weighted by Crippen LogP contribution is 2.30. The summed E-state index contributed by atoms with van der Waals surface area (Å²) in [6.07, 6.45) is -1.27. The van der Waals surface area contributed by atoms with Gasteiger partial charge in [0.05, 0.1) is 11.1 Å². The Morgan fingerprint density at radius 1 is 1.45 bits per heavy atom. The third kappa shape index (κ3) is 2.64. The van der Waals surface area contributed by atoms with Gasteiger partial charge in [0.1, 0.15) is 16.8 Å². The van der Waals surface area contributed by atoms with Gasteiger partial charge >= 0.3 is 5.97 Å².